The normalized spacial score (nSPS) is 21.5. The fourth-order valence-electron chi connectivity index (χ4n) is 4.17. The summed E-state index contributed by atoms with van der Waals surface area (Å²) in [5.74, 6) is -1.52. The number of likely N-dealkylation sites (tertiary alicyclic amines) is 1. The molecule has 5 rings (SSSR count). The number of furan rings is 1. The van der Waals surface area contributed by atoms with Crippen LogP contribution in [0.2, 0.25) is 0 Å². The Bertz CT molecular complexity index is 1130. The molecule has 0 radical (unpaired) electrons. The molecule has 2 aliphatic rings. The van der Waals surface area contributed by atoms with Crippen molar-refractivity contribution in [2.24, 2.45) is 11.8 Å². The van der Waals surface area contributed by atoms with Crippen LogP contribution in [0.4, 0.5) is 5.69 Å². The van der Waals surface area contributed by atoms with E-state index in [-0.39, 0.29) is 36.1 Å². The number of fused-ring (bicyclic) bond motifs is 4. The molecule has 6 heteroatoms. The third-order valence-electron chi connectivity index (χ3n) is 5.56. The monoisotopic (exact) mass is 374 g/mol. The third-order valence-corrected chi connectivity index (χ3v) is 5.56. The lowest BCUT2D eigenvalue weighted by atomic mass is 9.85. The average Bonchev–Trinajstić information content (AvgIpc) is 3.19. The molecule has 1 aromatic heterocycles. The minimum Gasteiger partial charge on any atom is -0.456 e. The lowest BCUT2D eigenvalue weighted by Crippen LogP contribution is -2.38. The molecule has 1 aliphatic carbocycles. The van der Waals surface area contributed by atoms with E-state index in [1.807, 2.05) is 42.5 Å². The number of carbonyl (C=O) groups excluding carboxylic acids is 3. The van der Waals surface area contributed by atoms with Crippen LogP contribution in [0.3, 0.4) is 0 Å². The predicted molar refractivity (Wildman–Crippen MR) is 104 cm³/mol. The van der Waals surface area contributed by atoms with Crippen molar-refractivity contribution in [2.45, 2.75) is 12.8 Å². The van der Waals surface area contributed by atoms with E-state index in [0.717, 1.165) is 26.8 Å². The molecule has 6 nitrogen and oxygen atoms in total. The maximum absolute atomic E-state index is 12.5. The zero-order valence-corrected chi connectivity index (χ0v) is 15.1. The summed E-state index contributed by atoms with van der Waals surface area (Å²) in [6.45, 7) is -0.255. The smallest absolute Gasteiger partial charge is 0.244 e. The van der Waals surface area contributed by atoms with Crippen LogP contribution in [0, 0.1) is 11.8 Å². The van der Waals surface area contributed by atoms with Crippen LogP contribution >= 0.6 is 0 Å². The highest BCUT2D eigenvalue weighted by molar-refractivity contribution is 6.10. The first kappa shape index (κ1) is 16.7. The van der Waals surface area contributed by atoms with Crippen molar-refractivity contribution in [1.29, 1.82) is 0 Å². The number of benzene rings is 2. The quantitative estimate of drug-likeness (QED) is 0.562. The molecule has 140 valence electrons. The average molecular weight is 374 g/mol. The number of anilines is 1. The van der Waals surface area contributed by atoms with Crippen molar-refractivity contribution in [3.63, 3.8) is 0 Å². The molecule has 3 amide bonds. The zero-order valence-electron chi connectivity index (χ0n) is 15.1. The van der Waals surface area contributed by atoms with Crippen molar-refractivity contribution in [1.82, 2.24) is 4.90 Å². The lowest BCUT2D eigenvalue weighted by molar-refractivity contribution is -0.142. The first-order chi connectivity index (χ1) is 13.6. The fraction of sp³-hybridized carbons (Fsp3) is 0.227. The van der Waals surface area contributed by atoms with Gasteiger partial charge in [-0.2, -0.15) is 0 Å². The Morgan fingerprint density at radius 3 is 2.39 bits per heavy atom. The second-order valence-electron chi connectivity index (χ2n) is 7.28. The van der Waals surface area contributed by atoms with Gasteiger partial charge in [0.05, 0.1) is 11.8 Å². The highest BCUT2D eigenvalue weighted by Gasteiger charge is 2.47. The van der Waals surface area contributed by atoms with Crippen molar-refractivity contribution >= 4 is 45.3 Å². The van der Waals surface area contributed by atoms with Gasteiger partial charge in [0, 0.05) is 16.5 Å². The number of nitrogens with zero attached hydrogens (tertiary/aromatic N) is 1. The zero-order chi connectivity index (χ0) is 19.3. The van der Waals surface area contributed by atoms with Gasteiger partial charge in [0.15, 0.2) is 0 Å². The Morgan fingerprint density at radius 1 is 0.964 bits per heavy atom. The lowest BCUT2D eigenvalue weighted by Gasteiger charge is -2.14. The van der Waals surface area contributed by atoms with Gasteiger partial charge in [0.1, 0.15) is 17.7 Å². The van der Waals surface area contributed by atoms with Crippen molar-refractivity contribution in [2.75, 3.05) is 11.9 Å². The molecule has 2 heterocycles. The number of carbonyl (C=O) groups is 3. The molecule has 2 atom stereocenters. The Labute approximate surface area is 160 Å². The number of hydrogen-bond donors (Lipinski definition) is 1. The molecule has 3 aromatic rings. The first-order valence-electron chi connectivity index (χ1n) is 9.33. The van der Waals surface area contributed by atoms with Crippen LogP contribution in [0.5, 0.6) is 0 Å². The fourth-order valence-corrected chi connectivity index (χ4v) is 4.17. The van der Waals surface area contributed by atoms with Gasteiger partial charge >= 0.3 is 0 Å². The molecule has 28 heavy (non-hydrogen) atoms. The van der Waals surface area contributed by atoms with E-state index in [2.05, 4.69) is 5.32 Å². The first-order valence-corrected chi connectivity index (χ1v) is 9.33. The van der Waals surface area contributed by atoms with Crippen molar-refractivity contribution < 1.29 is 18.8 Å². The summed E-state index contributed by atoms with van der Waals surface area (Å²) in [6, 6.07) is 13.1. The Hall–Kier alpha value is -3.41. The third kappa shape index (κ3) is 2.60. The second kappa shape index (κ2) is 6.34. The summed E-state index contributed by atoms with van der Waals surface area (Å²) in [7, 11) is 0. The largest absolute Gasteiger partial charge is 0.456 e. The van der Waals surface area contributed by atoms with Gasteiger partial charge < -0.3 is 9.73 Å². The van der Waals surface area contributed by atoms with E-state index >= 15 is 0 Å². The maximum atomic E-state index is 12.5. The molecular weight excluding hydrogens is 356 g/mol. The highest BCUT2D eigenvalue weighted by atomic mass is 16.3. The Kier molecular flexibility index (Phi) is 3.79. The van der Waals surface area contributed by atoms with E-state index in [1.165, 1.54) is 0 Å². The van der Waals surface area contributed by atoms with Gasteiger partial charge in [-0.25, -0.2) is 0 Å². The molecule has 1 saturated heterocycles. The van der Waals surface area contributed by atoms with E-state index in [9.17, 15) is 14.4 Å². The summed E-state index contributed by atoms with van der Waals surface area (Å²) < 4.78 is 5.79. The minimum atomic E-state index is -0.388. The van der Waals surface area contributed by atoms with Crippen LogP contribution in [-0.4, -0.2) is 29.2 Å². The van der Waals surface area contributed by atoms with Gasteiger partial charge in [0.25, 0.3) is 0 Å². The Morgan fingerprint density at radius 2 is 1.64 bits per heavy atom. The standard InChI is InChI=1S/C22H18N2O4/c25-20(12-24-21(26)15-6-1-2-7-16(15)22(24)27)23-13-9-10-19-17(11-13)14-5-3-4-8-18(14)28-19/h1-5,8-11,15-16H,6-7,12H2,(H,23,25)/t15-,16+. The molecule has 0 saturated carbocycles. The van der Waals surface area contributed by atoms with Gasteiger partial charge in [0.2, 0.25) is 17.7 Å². The van der Waals surface area contributed by atoms with E-state index in [0.29, 0.717) is 18.5 Å². The molecule has 1 N–H and O–H groups in total. The molecule has 0 spiro atoms. The molecule has 0 unspecified atom stereocenters. The number of imide groups is 1. The summed E-state index contributed by atoms with van der Waals surface area (Å²) in [6.07, 6.45) is 5.00. The summed E-state index contributed by atoms with van der Waals surface area (Å²) in [5, 5.41) is 4.66. The van der Waals surface area contributed by atoms with E-state index in [4.69, 9.17) is 4.42 Å². The molecule has 1 fully saturated rings. The summed E-state index contributed by atoms with van der Waals surface area (Å²) >= 11 is 0. The molecular formula is C22H18N2O4. The van der Waals surface area contributed by atoms with Crippen molar-refractivity contribution in [3.05, 3.63) is 54.6 Å². The van der Waals surface area contributed by atoms with Gasteiger partial charge in [-0.3, -0.25) is 19.3 Å². The number of allylic oxidation sites excluding steroid dienone is 2. The van der Waals surface area contributed by atoms with Gasteiger partial charge in [-0.1, -0.05) is 30.4 Å². The number of para-hydroxylation sites is 1. The number of hydrogen-bond acceptors (Lipinski definition) is 4. The van der Waals surface area contributed by atoms with Gasteiger partial charge in [-0.15, -0.1) is 0 Å². The highest BCUT2D eigenvalue weighted by Crippen LogP contribution is 2.35. The van der Waals surface area contributed by atoms with Crippen LogP contribution < -0.4 is 5.32 Å². The number of amides is 3. The maximum Gasteiger partial charge on any atom is 0.244 e. The summed E-state index contributed by atoms with van der Waals surface area (Å²) in [4.78, 5) is 38.6. The van der Waals surface area contributed by atoms with E-state index < -0.39 is 0 Å². The Balaban J connectivity index is 1.35. The van der Waals surface area contributed by atoms with Crippen LogP contribution in [0.1, 0.15) is 12.8 Å². The number of nitrogens with one attached hydrogen (secondary N) is 1. The predicted octanol–water partition coefficient (Wildman–Crippen LogP) is 3.48. The number of rotatable bonds is 3. The minimum absolute atomic E-state index is 0.245. The van der Waals surface area contributed by atoms with Gasteiger partial charge in [-0.05, 0) is 37.1 Å². The molecule has 0 bridgehead atoms. The molecule has 2 aromatic carbocycles. The molecule has 1 aliphatic heterocycles. The van der Waals surface area contributed by atoms with Crippen LogP contribution in [0.25, 0.3) is 21.9 Å². The van der Waals surface area contributed by atoms with Crippen molar-refractivity contribution in [3.8, 4) is 0 Å². The van der Waals surface area contributed by atoms with Crippen LogP contribution in [0.15, 0.2) is 59.0 Å². The second-order valence-corrected chi connectivity index (χ2v) is 7.28. The summed E-state index contributed by atoms with van der Waals surface area (Å²) in [5.41, 5.74) is 2.12. The van der Waals surface area contributed by atoms with Crippen LogP contribution in [-0.2, 0) is 14.4 Å². The van der Waals surface area contributed by atoms with E-state index in [1.54, 1.807) is 12.1 Å². The topological polar surface area (TPSA) is 79.6 Å². The SMILES string of the molecule is O=C(CN1C(=O)[C@H]2CC=CC[C@H]2C1=O)Nc1ccc2oc3ccccc3c2c1.